The van der Waals surface area contributed by atoms with Gasteiger partial charge in [0.25, 0.3) is 0 Å². The molecule has 0 unspecified atom stereocenters. The van der Waals surface area contributed by atoms with Gasteiger partial charge in [0.05, 0.1) is 10.9 Å². The number of sulfonamides is 1. The van der Waals surface area contributed by atoms with Crippen LogP contribution in [-0.2, 0) is 23.0 Å². The second-order valence-electron chi connectivity index (χ2n) is 6.66. The third-order valence-electron chi connectivity index (χ3n) is 4.53. The highest BCUT2D eigenvalue weighted by Crippen LogP contribution is 2.35. The van der Waals surface area contributed by atoms with Gasteiger partial charge in [-0.25, -0.2) is 18.2 Å². The van der Waals surface area contributed by atoms with Crippen LogP contribution in [0.3, 0.4) is 0 Å². The number of fused-ring (bicyclic) bond motifs is 1. The molecule has 0 atom stereocenters. The fourth-order valence-corrected chi connectivity index (χ4v) is 5.82. The molecule has 2 N–H and O–H groups in total. The maximum atomic E-state index is 12.4. The summed E-state index contributed by atoms with van der Waals surface area (Å²) in [7, 11) is -3.18. The van der Waals surface area contributed by atoms with E-state index in [1.165, 1.54) is 11.3 Å². The van der Waals surface area contributed by atoms with E-state index in [2.05, 4.69) is 15.6 Å². The molecule has 2 aromatic rings. The van der Waals surface area contributed by atoms with Crippen LogP contribution in [0.1, 0.15) is 29.0 Å². The first kappa shape index (κ1) is 17.4. The molecule has 2 amide bonds. The number of aromatic nitrogens is 1. The fraction of sp³-hybridized carbons (Fsp3) is 0.412. The Morgan fingerprint density at radius 2 is 1.96 bits per heavy atom. The number of nitrogens with zero attached hydrogens (tertiary/aromatic N) is 2. The largest absolute Gasteiger partial charge is 0.325 e. The molecule has 0 spiro atoms. The predicted molar refractivity (Wildman–Crippen MR) is 102 cm³/mol. The second-order valence-corrected chi connectivity index (χ2v) is 9.96. The Kier molecular flexibility index (Phi) is 4.45. The van der Waals surface area contributed by atoms with Crippen LogP contribution < -0.4 is 10.6 Å². The third-order valence-corrected chi connectivity index (χ3v) is 7.87. The predicted octanol–water partition coefficient (Wildman–Crippen LogP) is 2.95. The molecule has 0 saturated heterocycles. The molecular weight excluding hydrogens is 372 g/mol. The van der Waals surface area contributed by atoms with Crippen LogP contribution in [0.4, 0.5) is 15.6 Å². The van der Waals surface area contributed by atoms with Crippen molar-refractivity contribution in [3.63, 3.8) is 0 Å². The number of hydrogen-bond acceptors (Lipinski definition) is 5. The first-order chi connectivity index (χ1) is 12.4. The summed E-state index contributed by atoms with van der Waals surface area (Å²) in [5.74, 6) is 0. The number of carbonyl (C=O) groups excluding carboxylic acids is 1. The molecule has 1 fully saturated rings. The van der Waals surface area contributed by atoms with Gasteiger partial charge in [0, 0.05) is 30.1 Å². The Morgan fingerprint density at radius 3 is 2.65 bits per heavy atom. The molecule has 4 rings (SSSR count). The molecule has 1 saturated carbocycles. The van der Waals surface area contributed by atoms with E-state index in [9.17, 15) is 13.2 Å². The van der Waals surface area contributed by atoms with Crippen molar-refractivity contribution in [3.8, 4) is 0 Å². The van der Waals surface area contributed by atoms with Crippen LogP contribution in [0.5, 0.6) is 0 Å². The van der Waals surface area contributed by atoms with Gasteiger partial charge in [-0.2, -0.15) is 4.31 Å². The van der Waals surface area contributed by atoms with E-state index < -0.39 is 10.0 Å². The number of rotatable bonds is 4. The van der Waals surface area contributed by atoms with Crippen LogP contribution in [0.15, 0.2) is 24.3 Å². The van der Waals surface area contributed by atoms with Gasteiger partial charge in [-0.15, -0.1) is 0 Å². The van der Waals surface area contributed by atoms with Crippen LogP contribution in [0, 0.1) is 6.92 Å². The van der Waals surface area contributed by atoms with Crippen molar-refractivity contribution < 1.29 is 13.2 Å². The lowest BCUT2D eigenvalue weighted by atomic mass is 10.2. The topological polar surface area (TPSA) is 91.4 Å². The lowest BCUT2D eigenvalue weighted by molar-refractivity contribution is 0.262. The van der Waals surface area contributed by atoms with Crippen molar-refractivity contribution in [2.24, 2.45) is 0 Å². The van der Waals surface area contributed by atoms with E-state index in [0.29, 0.717) is 30.3 Å². The maximum absolute atomic E-state index is 12.4. The van der Waals surface area contributed by atoms with Gasteiger partial charge in [-0.1, -0.05) is 29.0 Å². The highest BCUT2D eigenvalue weighted by Gasteiger charge is 2.41. The number of benzene rings is 1. The van der Waals surface area contributed by atoms with E-state index in [1.807, 2.05) is 31.2 Å². The van der Waals surface area contributed by atoms with E-state index in [-0.39, 0.29) is 11.3 Å². The van der Waals surface area contributed by atoms with Crippen LogP contribution in [0.25, 0.3) is 0 Å². The SMILES string of the molecule is Cc1ccc(NC(=O)Nc2nc3c(s2)CN(S(=O)(=O)C2CC2)CC3)cc1. The fourth-order valence-electron chi connectivity index (χ4n) is 2.92. The van der Waals surface area contributed by atoms with Gasteiger partial charge in [-0.05, 0) is 31.9 Å². The molecule has 0 bridgehead atoms. The van der Waals surface area contributed by atoms with Gasteiger partial charge in [0.15, 0.2) is 5.13 Å². The number of amides is 2. The zero-order chi connectivity index (χ0) is 18.3. The van der Waals surface area contributed by atoms with Gasteiger partial charge in [-0.3, -0.25) is 5.32 Å². The second kappa shape index (κ2) is 6.64. The number of hydrogen-bond donors (Lipinski definition) is 2. The molecule has 1 aliphatic heterocycles. The smallest absolute Gasteiger partial charge is 0.308 e. The van der Waals surface area contributed by atoms with E-state index >= 15 is 0 Å². The maximum Gasteiger partial charge on any atom is 0.325 e. The molecule has 1 aromatic heterocycles. The summed E-state index contributed by atoms with van der Waals surface area (Å²) in [4.78, 5) is 17.5. The van der Waals surface area contributed by atoms with Crippen molar-refractivity contribution >= 4 is 38.2 Å². The number of urea groups is 1. The van der Waals surface area contributed by atoms with Gasteiger partial charge in [0.2, 0.25) is 10.0 Å². The summed E-state index contributed by atoms with van der Waals surface area (Å²) in [5.41, 5.74) is 2.70. The van der Waals surface area contributed by atoms with Crippen LogP contribution in [0.2, 0.25) is 0 Å². The quantitative estimate of drug-likeness (QED) is 0.837. The van der Waals surface area contributed by atoms with E-state index in [4.69, 9.17) is 0 Å². The zero-order valence-electron chi connectivity index (χ0n) is 14.4. The van der Waals surface area contributed by atoms with Gasteiger partial charge in [0.1, 0.15) is 0 Å². The van der Waals surface area contributed by atoms with Crippen molar-refractivity contribution in [2.75, 3.05) is 17.2 Å². The Morgan fingerprint density at radius 1 is 1.23 bits per heavy atom. The Bertz CT molecular complexity index is 933. The minimum absolute atomic E-state index is 0.199. The molecule has 138 valence electrons. The molecule has 1 aliphatic carbocycles. The van der Waals surface area contributed by atoms with Crippen LogP contribution >= 0.6 is 11.3 Å². The normalized spacial score (nSPS) is 17.6. The summed E-state index contributed by atoms with van der Waals surface area (Å²) in [5, 5.41) is 5.80. The lowest BCUT2D eigenvalue weighted by Gasteiger charge is -2.25. The van der Waals surface area contributed by atoms with Gasteiger partial charge < -0.3 is 5.32 Å². The van der Waals surface area contributed by atoms with E-state index in [0.717, 1.165) is 29.0 Å². The summed E-state index contributed by atoms with van der Waals surface area (Å²) < 4.78 is 26.4. The Hall–Kier alpha value is -1.97. The van der Waals surface area contributed by atoms with Crippen molar-refractivity contribution in [2.45, 2.75) is 38.0 Å². The Balaban J connectivity index is 1.41. The van der Waals surface area contributed by atoms with Crippen LogP contribution in [-0.4, -0.2) is 35.5 Å². The molecule has 9 heteroatoms. The van der Waals surface area contributed by atoms with E-state index in [1.54, 1.807) is 4.31 Å². The Labute approximate surface area is 156 Å². The molecular formula is C17H20N4O3S2. The minimum Gasteiger partial charge on any atom is -0.308 e. The van der Waals surface area contributed by atoms with Crippen molar-refractivity contribution in [3.05, 3.63) is 40.4 Å². The number of thiazole rings is 1. The summed E-state index contributed by atoms with van der Waals surface area (Å²) in [6, 6.07) is 7.16. The van der Waals surface area contributed by atoms with Gasteiger partial charge >= 0.3 is 6.03 Å². The molecule has 2 heterocycles. The summed E-state index contributed by atoms with van der Waals surface area (Å²) in [6.07, 6.45) is 2.11. The zero-order valence-corrected chi connectivity index (χ0v) is 16.0. The average molecular weight is 393 g/mol. The number of nitrogens with one attached hydrogen (secondary N) is 2. The summed E-state index contributed by atoms with van der Waals surface area (Å²) >= 11 is 1.34. The van der Waals surface area contributed by atoms with Crippen molar-refractivity contribution in [1.82, 2.24) is 9.29 Å². The number of carbonyl (C=O) groups is 1. The molecule has 26 heavy (non-hydrogen) atoms. The van der Waals surface area contributed by atoms with Crippen molar-refractivity contribution in [1.29, 1.82) is 0 Å². The highest BCUT2D eigenvalue weighted by atomic mass is 32.2. The first-order valence-electron chi connectivity index (χ1n) is 8.54. The first-order valence-corrected chi connectivity index (χ1v) is 10.9. The molecule has 0 radical (unpaired) electrons. The number of anilines is 2. The highest BCUT2D eigenvalue weighted by molar-refractivity contribution is 7.90. The monoisotopic (exact) mass is 392 g/mol. The standard InChI is InChI=1S/C17H20N4O3S2/c1-11-2-4-12(5-3-11)18-16(22)20-17-19-14-8-9-21(10-15(14)25-17)26(23,24)13-6-7-13/h2-5,13H,6-10H2,1H3,(H2,18,19,20,22). The third kappa shape index (κ3) is 3.60. The summed E-state index contributed by atoms with van der Waals surface area (Å²) in [6.45, 7) is 2.80. The molecule has 1 aromatic carbocycles. The lowest BCUT2D eigenvalue weighted by Crippen LogP contribution is -2.37. The molecule has 2 aliphatic rings. The molecule has 7 nitrogen and oxygen atoms in total. The number of aryl methyl sites for hydroxylation is 1. The average Bonchev–Trinajstić information content (AvgIpc) is 3.38. The minimum atomic E-state index is -3.18.